The first-order valence-corrected chi connectivity index (χ1v) is 5.40. The summed E-state index contributed by atoms with van der Waals surface area (Å²) in [6.07, 6.45) is -3.61. The van der Waals surface area contributed by atoms with Gasteiger partial charge in [0.05, 0.1) is 5.56 Å². The van der Waals surface area contributed by atoms with E-state index in [9.17, 15) is 13.2 Å². The van der Waals surface area contributed by atoms with Crippen molar-refractivity contribution in [2.45, 2.75) is 38.9 Å². The van der Waals surface area contributed by atoms with Crippen molar-refractivity contribution >= 4 is 11.4 Å². The summed E-state index contributed by atoms with van der Waals surface area (Å²) in [5, 5.41) is 3.05. The smallest absolute Gasteiger partial charge is 0.398 e. The first-order valence-electron chi connectivity index (χ1n) is 5.40. The molecule has 0 bridgehead atoms. The fraction of sp³-hybridized carbons (Fsp3) is 0.500. The lowest BCUT2D eigenvalue weighted by Gasteiger charge is -2.26. The Hall–Kier alpha value is -1.39. The largest absolute Gasteiger partial charge is 0.418 e. The van der Waals surface area contributed by atoms with Crippen LogP contribution < -0.4 is 11.1 Å². The van der Waals surface area contributed by atoms with E-state index in [1.165, 1.54) is 6.07 Å². The SMILES string of the molecule is CCC(C)(C)Nc1ccc(N)c(C(F)(F)F)c1. The van der Waals surface area contributed by atoms with Crippen LogP contribution in [0.15, 0.2) is 18.2 Å². The molecule has 0 spiro atoms. The Morgan fingerprint density at radius 1 is 1.24 bits per heavy atom. The topological polar surface area (TPSA) is 38.0 Å². The maximum absolute atomic E-state index is 12.6. The lowest BCUT2D eigenvalue weighted by molar-refractivity contribution is -0.136. The summed E-state index contributed by atoms with van der Waals surface area (Å²) in [7, 11) is 0. The maximum atomic E-state index is 12.6. The molecule has 17 heavy (non-hydrogen) atoms. The number of anilines is 2. The second kappa shape index (κ2) is 4.47. The van der Waals surface area contributed by atoms with Crippen molar-refractivity contribution in [1.82, 2.24) is 0 Å². The molecule has 0 aromatic heterocycles. The number of alkyl halides is 3. The van der Waals surface area contributed by atoms with Gasteiger partial charge in [-0.1, -0.05) is 6.92 Å². The lowest BCUT2D eigenvalue weighted by atomic mass is 10.0. The summed E-state index contributed by atoms with van der Waals surface area (Å²) in [5.74, 6) is 0. The van der Waals surface area contributed by atoms with Gasteiger partial charge in [-0.05, 0) is 38.5 Å². The zero-order valence-electron chi connectivity index (χ0n) is 10.2. The number of hydrogen-bond acceptors (Lipinski definition) is 2. The molecule has 1 aromatic rings. The fourth-order valence-corrected chi connectivity index (χ4v) is 1.36. The van der Waals surface area contributed by atoms with Gasteiger partial charge in [-0.3, -0.25) is 0 Å². The lowest BCUT2D eigenvalue weighted by Crippen LogP contribution is -2.29. The van der Waals surface area contributed by atoms with E-state index in [2.05, 4.69) is 5.32 Å². The highest BCUT2D eigenvalue weighted by Crippen LogP contribution is 2.35. The zero-order valence-corrected chi connectivity index (χ0v) is 10.2. The van der Waals surface area contributed by atoms with Crippen molar-refractivity contribution in [3.05, 3.63) is 23.8 Å². The summed E-state index contributed by atoms with van der Waals surface area (Å²) in [4.78, 5) is 0. The summed E-state index contributed by atoms with van der Waals surface area (Å²) in [6.45, 7) is 5.82. The van der Waals surface area contributed by atoms with Gasteiger partial charge in [0.2, 0.25) is 0 Å². The second-order valence-electron chi connectivity index (χ2n) is 4.66. The third-order valence-electron chi connectivity index (χ3n) is 2.73. The number of halogens is 3. The average Bonchev–Trinajstić information content (AvgIpc) is 2.19. The van der Waals surface area contributed by atoms with E-state index in [-0.39, 0.29) is 11.2 Å². The molecule has 3 N–H and O–H groups in total. The molecule has 96 valence electrons. The molecule has 0 amide bonds. The predicted octanol–water partition coefficient (Wildman–Crippen LogP) is 3.89. The molecule has 0 fully saturated rings. The summed E-state index contributed by atoms with van der Waals surface area (Å²) < 4.78 is 37.9. The number of hydrogen-bond donors (Lipinski definition) is 2. The van der Waals surface area contributed by atoms with Gasteiger partial charge in [0.1, 0.15) is 0 Å². The van der Waals surface area contributed by atoms with Crippen LogP contribution in [0.3, 0.4) is 0 Å². The molecule has 0 aliphatic heterocycles. The van der Waals surface area contributed by atoms with Crippen LogP contribution in [0.25, 0.3) is 0 Å². The number of nitrogens with two attached hydrogens (primary N) is 1. The van der Waals surface area contributed by atoms with Crippen LogP contribution in [0, 0.1) is 0 Å². The number of benzene rings is 1. The highest BCUT2D eigenvalue weighted by Gasteiger charge is 2.33. The van der Waals surface area contributed by atoms with Gasteiger partial charge in [-0.15, -0.1) is 0 Å². The third-order valence-corrected chi connectivity index (χ3v) is 2.73. The second-order valence-corrected chi connectivity index (χ2v) is 4.66. The molecule has 0 radical (unpaired) electrons. The van der Waals surface area contributed by atoms with Crippen LogP contribution >= 0.6 is 0 Å². The van der Waals surface area contributed by atoms with Gasteiger partial charge in [0, 0.05) is 16.9 Å². The van der Waals surface area contributed by atoms with E-state index < -0.39 is 11.7 Å². The molecule has 2 nitrogen and oxygen atoms in total. The Labute approximate surface area is 99.0 Å². The van der Waals surface area contributed by atoms with Crippen LogP contribution in [0.5, 0.6) is 0 Å². The minimum Gasteiger partial charge on any atom is -0.398 e. The number of nitrogens with one attached hydrogen (secondary N) is 1. The summed E-state index contributed by atoms with van der Waals surface area (Å²) in [5.41, 5.74) is 4.45. The molecule has 0 heterocycles. The first kappa shape index (κ1) is 13.7. The van der Waals surface area contributed by atoms with E-state index in [1.807, 2.05) is 20.8 Å². The molecule has 0 atom stereocenters. The minimum absolute atomic E-state index is 0.251. The zero-order chi connectivity index (χ0) is 13.3. The molecule has 0 unspecified atom stereocenters. The standard InChI is InChI=1S/C12H17F3N2/c1-4-11(2,3)17-8-5-6-10(16)9(7-8)12(13,14)15/h5-7,17H,4,16H2,1-3H3. The molecule has 0 saturated heterocycles. The van der Waals surface area contributed by atoms with Crippen LogP contribution in [-0.2, 0) is 6.18 Å². The van der Waals surface area contributed by atoms with Crippen LogP contribution in [0.4, 0.5) is 24.5 Å². The summed E-state index contributed by atoms with van der Waals surface area (Å²) in [6, 6.07) is 3.88. The van der Waals surface area contributed by atoms with E-state index in [0.717, 1.165) is 12.5 Å². The van der Waals surface area contributed by atoms with Gasteiger partial charge in [-0.25, -0.2) is 0 Å². The molecular weight excluding hydrogens is 229 g/mol. The van der Waals surface area contributed by atoms with Gasteiger partial charge in [-0.2, -0.15) is 13.2 Å². The van der Waals surface area contributed by atoms with Crippen molar-refractivity contribution in [3.8, 4) is 0 Å². The van der Waals surface area contributed by atoms with Crippen molar-refractivity contribution in [3.63, 3.8) is 0 Å². The molecule has 1 aromatic carbocycles. The van der Waals surface area contributed by atoms with Crippen molar-refractivity contribution in [1.29, 1.82) is 0 Å². The highest BCUT2D eigenvalue weighted by molar-refractivity contribution is 5.59. The monoisotopic (exact) mass is 246 g/mol. The molecular formula is C12H17F3N2. The first-order chi connectivity index (χ1) is 7.65. The van der Waals surface area contributed by atoms with E-state index in [4.69, 9.17) is 5.73 Å². The number of rotatable bonds is 3. The van der Waals surface area contributed by atoms with Crippen molar-refractivity contribution in [2.24, 2.45) is 0 Å². The fourth-order valence-electron chi connectivity index (χ4n) is 1.36. The minimum atomic E-state index is -4.42. The van der Waals surface area contributed by atoms with Crippen molar-refractivity contribution < 1.29 is 13.2 Å². The Morgan fingerprint density at radius 2 is 1.82 bits per heavy atom. The Bertz CT molecular complexity index is 397. The molecule has 0 aliphatic carbocycles. The molecule has 5 heteroatoms. The normalized spacial score (nSPS) is 12.6. The van der Waals surface area contributed by atoms with Gasteiger partial charge in [0.25, 0.3) is 0 Å². The van der Waals surface area contributed by atoms with Crippen molar-refractivity contribution in [2.75, 3.05) is 11.1 Å². The predicted molar refractivity (Wildman–Crippen MR) is 63.8 cm³/mol. The molecule has 0 aliphatic rings. The molecule has 0 saturated carbocycles. The van der Waals surface area contributed by atoms with E-state index >= 15 is 0 Å². The quantitative estimate of drug-likeness (QED) is 0.794. The average molecular weight is 246 g/mol. The van der Waals surface area contributed by atoms with E-state index in [0.29, 0.717) is 5.69 Å². The van der Waals surface area contributed by atoms with Crippen LogP contribution in [-0.4, -0.2) is 5.54 Å². The number of nitrogen functional groups attached to an aromatic ring is 1. The Morgan fingerprint density at radius 3 is 2.29 bits per heavy atom. The highest BCUT2D eigenvalue weighted by atomic mass is 19.4. The van der Waals surface area contributed by atoms with Gasteiger partial charge < -0.3 is 11.1 Å². The van der Waals surface area contributed by atoms with Crippen LogP contribution in [0.2, 0.25) is 0 Å². The third kappa shape index (κ3) is 3.54. The maximum Gasteiger partial charge on any atom is 0.418 e. The molecule has 1 rings (SSSR count). The Balaban J connectivity index is 3.06. The van der Waals surface area contributed by atoms with Crippen LogP contribution in [0.1, 0.15) is 32.8 Å². The summed E-state index contributed by atoms with van der Waals surface area (Å²) >= 11 is 0. The van der Waals surface area contributed by atoms with E-state index in [1.54, 1.807) is 6.07 Å². The van der Waals surface area contributed by atoms with Gasteiger partial charge >= 0.3 is 6.18 Å². The van der Waals surface area contributed by atoms with Gasteiger partial charge in [0.15, 0.2) is 0 Å². The Kier molecular flexibility index (Phi) is 3.59.